The van der Waals surface area contributed by atoms with E-state index < -0.39 is 12.0 Å². The van der Waals surface area contributed by atoms with E-state index in [0.717, 1.165) is 22.0 Å². The first-order valence-corrected chi connectivity index (χ1v) is 7.38. The lowest BCUT2D eigenvalue weighted by Gasteiger charge is -2.11. The number of aromatic nitrogens is 1. The number of aromatic hydroxyl groups is 1. The summed E-state index contributed by atoms with van der Waals surface area (Å²) in [5, 5.41) is 10.4. The number of rotatable bonds is 5. The number of phenolic OH excluding ortho intramolecular Hbond substituents is 1. The van der Waals surface area contributed by atoms with Gasteiger partial charge in [-0.25, -0.2) is 0 Å². The molecule has 0 aliphatic heterocycles. The molecule has 1 heterocycles. The van der Waals surface area contributed by atoms with Crippen LogP contribution in [0.25, 0.3) is 10.9 Å². The predicted molar refractivity (Wildman–Crippen MR) is 87.9 cm³/mol. The fraction of sp³-hybridized carbons (Fsp3) is 0.167. The van der Waals surface area contributed by atoms with Crippen molar-refractivity contribution in [2.75, 3.05) is 0 Å². The van der Waals surface area contributed by atoms with Gasteiger partial charge in [-0.3, -0.25) is 4.79 Å². The molecule has 0 saturated heterocycles. The van der Waals surface area contributed by atoms with E-state index in [1.165, 1.54) is 0 Å². The molecule has 0 fully saturated rings. The van der Waals surface area contributed by atoms with Crippen LogP contribution in [-0.2, 0) is 22.6 Å². The Morgan fingerprint density at radius 2 is 2.00 bits per heavy atom. The molecule has 1 aromatic heterocycles. The van der Waals surface area contributed by atoms with Gasteiger partial charge in [-0.1, -0.05) is 30.3 Å². The molecular weight excluding hydrogens is 292 g/mol. The van der Waals surface area contributed by atoms with Crippen LogP contribution in [0.15, 0.2) is 54.7 Å². The number of nitrogens with one attached hydrogen (secondary N) is 1. The van der Waals surface area contributed by atoms with Gasteiger partial charge in [-0.05, 0) is 29.3 Å². The minimum absolute atomic E-state index is 0.179. The van der Waals surface area contributed by atoms with E-state index in [1.807, 2.05) is 30.3 Å². The number of hydrogen-bond donors (Lipinski definition) is 3. The van der Waals surface area contributed by atoms with E-state index in [1.54, 1.807) is 24.4 Å². The van der Waals surface area contributed by atoms with Crippen molar-refractivity contribution >= 4 is 16.9 Å². The number of phenols is 1. The number of fused-ring (bicyclic) bond motifs is 1. The van der Waals surface area contributed by atoms with Crippen LogP contribution in [0.2, 0.25) is 0 Å². The van der Waals surface area contributed by atoms with Crippen LogP contribution < -0.4 is 5.73 Å². The molecule has 0 amide bonds. The standard InChI is InChI=1S/C18H18N2O3/c19-16(18(22)23-11-12-4-2-1-3-5-12)8-13-10-20-17-7-6-14(21)9-15(13)17/h1-7,9-10,16,20-21H,8,11,19H2/t16-/m0/s1. The molecular formula is C18H18N2O3. The topological polar surface area (TPSA) is 88.3 Å². The van der Waals surface area contributed by atoms with Crippen molar-refractivity contribution < 1.29 is 14.6 Å². The molecule has 5 heteroatoms. The summed E-state index contributed by atoms with van der Waals surface area (Å²) >= 11 is 0. The quantitative estimate of drug-likeness (QED) is 0.632. The van der Waals surface area contributed by atoms with Gasteiger partial charge in [-0.2, -0.15) is 0 Å². The zero-order valence-corrected chi connectivity index (χ0v) is 12.5. The summed E-state index contributed by atoms with van der Waals surface area (Å²) in [6, 6.07) is 13.8. The average Bonchev–Trinajstić information content (AvgIpc) is 2.95. The van der Waals surface area contributed by atoms with Gasteiger partial charge in [0.2, 0.25) is 0 Å². The molecule has 3 rings (SSSR count). The maximum absolute atomic E-state index is 12.0. The second kappa shape index (κ2) is 6.54. The first-order valence-electron chi connectivity index (χ1n) is 7.38. The predicted octanol–water partition coefficient (Wildman–Crippen LogP) is 2.49. The molecule has 0 spiro atoms. The molecule has 0 aliphatic rings. The second-order valence-electron chi connectivity index (χ2n) is 5.45. The van der Waals surface area contributed by atoms with Gasteiger partial charge < -0.3 is 20.6 Å². The highest BCUT2D eigenvalue weighted by atomic mass is 16.5. The molecule has 118 valence electrons. The molecule has 0 radical (unpaired) electrons. The highest BCUT2D eigenvalue weighted by Crippen LogP contribution is 2.23. The van der Waals surface area contributed by atoms with Gasteiger partial charge in [0, 0.05) is 23.5 Å². The Labute approximate surface area is 133 Å². The number of ether oxygens (including phenoxy) is 1. The van der Waals surface area contributed by atoms with Gasteiger partial charge in [-0.15, -0.1) is 0 Å². The van der Waals surface area contributed by atoms with Crippen LogP contribution in [0.1, 0.15) is 11.1 Å². The molecule has 2 aromatic carbocycles. The second-order valence-corrected chi connectivity index (χ2v) is 5.45. The third-order valence-electron chi connectivity index (χ3n) is 3.72. The maximum Gasteiger partial charge on any atom is 0.323 e. The summed E-state index contributed by atoms with van der Waals surface area (Å²) in [5.74, 6) is -0.262. The Morgan fingerprint density at radius 1 is 1.22 bits per heavy atom. The van der Waals surface area contributed by atoms with Crippen molar-refractivity contribution in [3.05, 3.63) is 65.9 Å². The molecule has 5 nitrogen and oxygen atoms in total. The van der Waals surface area contributed by atoms with E-state index in [-0.39, 0.29) is 12.4 Å². The minimum atomic E-state index is -0.750. The largest absolute Gasteiger partial charge is 0.508 e. The number of H-pyrrole nitrogens is 1. The molecule has 0 aliphatic carbocycles. The highest BCUT2D eigenvalue weighted by Gasteiger charge is 2.18. The van der Waals surface area contributed by atoms with Crippen molar-refractivity contribution in [2.24, 2.45) is 5.73 Å². The molecule has 0 unspecified atom stereocenters. The van der Waals surface area contributed by atoms with Crippen molar-refractivity contribution in [3.8, 4) is 5.75 Å². The summed E-state index contributed by atoms with van der Waals surface area (Å²) < 4.78 is 5.25. The normalized spacial score (nSPS) is 12.2. The minimum Gasteiger partial charge on any atom is -0.508 e. The summed E-state index contributed by atoms with van der Waals surface area (Å²) in [7, 11) is 0. The average molecular weight is 310 g/mol. The molecule has 1 atom stereocenters. The van der Waals surface area contributed by atoms with Crippen LogP contribution in [-0.4, -0.2) is 22.1 Å². The third-order valence-corrected chi connectivity index (χ3v) is 3.72. The zero-order chi connectivity index (χ0) is 16.2. The Balaban J connectivity index is 1.64. The van der Waals surface area contributed by atoms with Crippen molar-refractivity contribution in [1.82, 2.24) is 4.98 Å². The number of aromatic amines is 1. The molecule has 3 aromatic rings. The smallest absolute Gasteiger partial charge is 0.323 e. The summed E-state index contributed by atoms with van der Waals surface area (Å²) in [4.78, 5) is 15.1. The van der Waals surface area contributed by atoms with E-state index in [4.69, 9.17) is 10.5 Å². The van der Waals surface area contributed by atoms with Gasteiger partial charge in [0.15, 0.2) is 0 Å². The first kappa shape index (κ1) is 15.1. The Kier molecular flexibility index (Phi) is 4.30. The summed E-state index contributed by atoms with van der Waals surface area (Å²) in [5.41, 5.74) is 8.64. The number of carbonyl (C=O) groups is 1. The number of hydrogen-bond acceptors (Lipinski definition) is 4. The van der Waals surface area contributed by atoms with E-state index in [0.29, 0.717) is 6.42 Å². The number of carbonyl (C=O) groups excluding carboxylic acids is 1. The van der Waals surface area contributed by atoms with E-state index in [2.05, 4.69) is 4.98 Å². The van der Waals surface area contributed by atoms with E-state index >= 15 is 0 Å². The number of esters is 1. The van der Waals surface area contributed by atoms with Crippen LogP contribution in [0.5, 0.6) is 5.75 Å². The SMILES string of the molecule is N[C@@H](Cc1c[nH]c2ccc(O)cc12)C(=O)OCc1ccccc1. The Hall–Kier alpha value is -2.79. The highest BCUT2D eigenvalue weighted by molar-refractivity contribution is 5.85. The van der Waals surface area contributed by atoms with Gasteiger partial charge >= 0.3 is 5.97 Å². The van der Waals surface area contributed by atoms with Crippen LogP contribution in [0, 0.1) is 0 Å². The van der Waals surface area contributed by atoms with Crippen molar-refractivity contribution in [2.45, 2.75) is 19.1 Å². The van der Waals surface area contributed by atoms with Gasteiger partial charge in [0.1, 0.15) is 18.4 Å². The molecule has 4 N–H and O–H groups in total. The first-order chi connectivity index (χ1) is 11.1. The summed E-state index contributed by atoms with van der Waals surface area (Å²) in [6.07, 6.45) is 2.14. The fourth-order valence-corrected chi connectivity index (χ4v) is 2.49. The van der Waals surface area contributed by atoms with Crippen molar-refractivity contribution in [3.63, 3.8) is 0 Å². The Morgan fingerprint density at radius 3 is 2.78 bits per heavy atom. The monoisotopic (exact) mass is 310 g/mol. The molecule has 0 bridgehead atoms. The van der Waals surface area contributed by atoms with Crippen LogP contribution in [0.4, 0.5) is 0 Å². The molecule has 23 heavy (non-hydrogen) atoms. The lowest BCUT2D eigenvalue weighted by atomic mass is 10.1. The Bertz CT molecular complexity index is 812. The van der Waals surface area contributed by atoms with Crippen LogP contribution >= 0.6 is 0 Å². The lowest BCUT2D eigenvalue weighted by Crippen LogP contribution is -2.34. The van der Waals surface area contributed by atoms with E-state index in [9.17, 15) is 9.90 Å². The number of benzene rings is 2. The third kappa shape index (κ3) is 3.52. The van der Waals surface area contributed by atoms with Gasteiger partial charge in [0.25, 0.3) is 0 Å². The zero-order valence-electron chi connectivity index (χ0n) is 12.5. The van der Waals surface area contributed by atoms with Gasteiger partial charge in [0.05, 0.1) is 0 Å². The van der Waals surface area contributed by atoms with Crippen molar-refractivity contribution in [1.29, 1.82) is 0 Å². The lowest BCUT2D eigenvalue weighted by molar-refractivity contribution is -0.146. The molecule has 0 saturated carbocycles. The fourth-order valence-electron chi connectivity index (χ4n) is 2.49. The maximum atomic E-state index is 12.0. The summed E-state index contributed by atoms with van der Waals surface area (Å²) in [6.45, 7) is 0.210. The van der Waals surface area contributed by atoms with Crippen LogP contribution in [0.3, 0.4) is 0 Å². The number of nitrogens with two attached hydrogens (primary N) is 1.